The van der Waals surface area contributed by atoms with E-state index >= 15 is 0 Å². The van der Waals surface area contributed by atoms with Gasteiger partial charge in [-0.05, 0) is 107 Å². The van der Waals surface area contributed by atoms with Crippen LogP contribution < -0.4 is 5.32 Å². The molecule has 0 spiro atoms. The quantitative estimate of drug-likeness (QED) is 0.187. The van der Waals surface area contributed by atoms with Crippen LogP contribution in [0.25, 0.3) is 0 Å². The second-order valence-corrected chi connectivity index (χ2v) is 14.6. The fourth-order valence-electron chi connectivity index (χ4n) is 7.68. The number of piperidine rings is 1. The lowest BCUT2D eigenvalue weighted by molar-refractivity contribution is -0.127. The van der Waals surface area contributed by atoms with E-state index in [1.165, 1.54) is 19.3 Å². The molecule has 2 N–H and O–H groups in total. The van der Waals surface area contributed by atoms with E-state index in [0.29, 0.717) is 25.3 Å². The average Bonchev–Trinajstić information content (AvgIpc) is 4.02. The van der Waals surface area contributed by atoms with Gasteiger partial charge in [0.1, 0.15) is 6.04 Å². The van der Waals surface area contributed by atoms with Crippen molar-refractivity contribution < 1.29 is 9.59 Å². The maximum Gasteiger partial charge on any atom is 0.253 e. The van der Waals surface area contributed by atoms with Gasteiger partial charge in [-0.3, -0.25) is 9.59 Å². The lowest BCUT2D eigenvalue weighted by Crippen LogP contribution is -2.41. The first-order valence-corrected chi connectivity index (χ1v) is 20.7. The zero-order valence-electron chi connectivity index (χ0n) is 34.6. The van der Waals surface area contributed by atoms with Gasteiger partial charge < -0.3 is 20.0 Å². The van der Waals surface area contributed by atoms with Crippen LogP contribution in [0, 0.1) is 11.3 Å². The Hall–Kier alpha value is -4.56. The molecule has 3 aliphatic heterocycles. The number of allylic oxidation sites excluding steroid dienone is 5. The minimum Gasteiger partial charge on any atom is -0.358 e. The van der Waals surface area contributed by atoms with E-state index in [1.54, 1.807) is 6.92 Å². The summed E-state index contributed by atoms with van der Waals surface area (Å²) in [6.07, 6.45) is 17.6. The molecule has 1 aromatic carbocycles. The van der Waals surface area contributed by atoms with Gasteiger partial charge in [-0.25, -0.2) is 0 Å². The summed E-state index contributed by atoms with van der Waals surface area (Å²) < 4.78 is 0. The Morgan fingerprint density at radius 1 is 1.02 bits per heavy atom. The summed E-state index contributed by atoms with van der Waals surface area (Å²) in [4.78, 5) is 29.9. The molecule has 2 atom stereocenters. The number of aromatic amines is 1. The SMILES string of the molecule is C=C(C)/C=C\C1=CCCc2cc(C(=O)N3CCCC3)ccc2C1(CCNCC(=C)N1CCCC[C@H]1C#N)c1nn[nH]n1.CC.CC(=O)N1CCCC1.CCC. The maximum atomic E-state index is 13.3. The third-order valence-electron chi connectivity index (χ3n) is 10.4. The number of rotatable bonds is 10. The highest BCUT2D eigenvalue weighted by Crippen LogP contribution is 2.45. The van der Waals surface area contributed by atoms with Crippen molar-refractivity contribution in [2.75, 3.05) is 45.8 Å². The minimum absolute atomic E-state index is 0.105. The van der Waals surface area contributed by atoms with E-state index in [-0.39, 0.29) is 17.9 Å². The molecule has 1 aliphatic carbocycles. The zero-order valence-corrected chi connectivity index (χ0v) is 34.6. The molecule has 1 aromatic heterocycles. The summed E-state index contributed by atoms with van der Waals surface area (Å²) >= 11 is 0. The summed E-state index contributed by atoms with van der Waals surface area (Å²) in [6, 6.07) is 8.49. The van der Waals surface area contributed by atoms with Gasteiger partial charge >= 0.3 is 0 Å². The number of tetrazole rings is 1. The first-order chi connectivity index (χ1) is 26.7. The van der Waals surface area contributed by atoms with Gasteiger partial charge in [0.25, 0.3) is 5.91 Å². The number of carbonyl (C=O) groups is 2. The number of nitrogens with one attached hydrogen (secondary N) is 2. The Morgan fingerprint density at radius 2 is 1.67 bits per heavy atom. The van der Waals surface area contributed by atoms with Crippen molar-refractivity contribution in [2.24, 2.45) is 0 Å². The number of H-pyrrole nitrogens is 1. The summed E-state index contributed by atoms with van der Waals surface area (Å²) in [7, 11) is 0. The van der Waals surface area contributed by atoms with Crippen LogP contribution in [-0.2, 0) is 16.6 Å². The molecule has 4 aliphatic rings. The molecule has 55 heavy (non-hydrogen) atoms. The fourth-order valence-corrected chi connectivity index (χ4v) is 7.68. The Morgan fingerprint density at radius 3 is 2.25 bits per heavy atom. The lowest BCUT2D eigenvalue weighted by atomic mass is 9.69. The normalized spacial score (nSPS) is 20.3. The molecule has 3 saturated heterocycles. The van der Waals surface area contributed by atoms with E-state index in [9.17, 15) is 14.9 Å². The number of amides is 2. The van der Waals surface area contributed by atoms with Crippen LogP contribution in [0.4, 0.5) is 0 Å². The van der Waals surface area contributed by atoms with Gasteiger partial charge in [-0.15, -0.1) is 10.2 Å². The number of fused-ring (bicyclic) bond motifs is 1. The number of nitrogens with zero attached hydrogens (tertiary/aromatic N) is 7. The average molecular weight is 754 g/mol. The number of aromatic nitrogens is 4. The van der Waals surface area contributed by atoms with Crippen molar-refractivity contribution in [2.45, 2.75) is 124 Å². The monoisotopic (exact) mass is 754 g/mol. The standard InChI is InChI=1S/C33H42N8O.C6H11NO.C3H8.C2H6/c1-24(2)12-14-28-10-8-9-26-21-27(31(42)40-18-6-7-19-40)13-15-30(26)33(28,32-36-38-39-37-32)16-17-35-23-25(3)41-20-5-4-11-29(41)22-34;1-6(8)7-4-2-3-5-7;1-3-2;1-2/h10,12-15,21,29,35H,1,3-9,11,16-20,23H2,2H3,(H,36,37,38,39);2-5H2,1H3;3H2,1-2H3;1-2H3/b14-12-;;;/t29-,33?;;;/m0.../s1. The number of hydrogen-bond acceptors (Lipinski definition) is 8. The number of likely N-dealkylation sites (tertiary alicyclic amines) is 3. The molecular weight excluding hydrogens is 687 g/mol. The Kier molecular flexibility index (Phi) is 19.1. The molecule has 2 aromatic rings. The van der Waals surface area contributed by atoms with E-state index < -0.39 is 5.41 Å². The molecule has 4 heterocycles. The second kappa shape index (κ2) is 23.4. The Bertz CT molecular complexity index is 1630. The van der Waals surface area contributed by atoms with Gasteiger partial charge in [-0.1, -0.05) is 82.4 Å². The third-order valence-corrected chi connectivity index (χ3v) is 10.4. The van der Waals surface area contributed by atoms with Crippen LogP contribution in [0.5, 0.6) is 0 Å². The van der Waals surface area contributed by atoms with Gasteiger partial charge in [0.2, 0.25) is 5.91 Å². The highest BCUT2D eigenvalue weighted by molar-refractivity contribution is 5.94. The second-order valence-electron chi connectivity index (χ2n) is 14.6. The van der Waals surface area contributed by atoms with Crippen molar-refractivity contribution in [3.05, 3.63) is 88.9 Å². The molecule has 0 bridgehead atoms. The molecule has 0 radical (unpaired) electrons. The van der Waals surface area contributed by atoms with Crippen molar-refractivity contribution in [3.8, 4) is 6.07 Å². The predicted molar refractivity (Wildman–Crippen MR) is 222 cm³/mol. The number of aryl methyl sites for hydroxylation is 1. The van der Waals surface area contributed by atoms with Crippen molar-refractivity contribution in [1.29, 1.82) is 5.26 Å². The topological polar surface area (TPSA) is 134 Å². The minimum atomic E-state index is -0.686. The van der Waals surface area contributed by atoms with E-state index in [4.69, 9.17) is 0 Å². The predicted octanol–water partition coefficient (Wildman–Crippen LogP) is 7.67. The molecule has 300 valence electrons. The van der Waals surface area contributed by atoms with Gasteiger partial charge in [0, 0.05) is 57.5 Å². The molecular formula is C44H67N9O2. The highest BCUT2D eigenvalue weighted by Gasteiger charge is 2.43. The molecule has 2 amide bonds. The van der Waals surface area contributed by atoms with E-state index in [2.05, 4.69) is 88.2 Å². The van der Waals surface area contributed by atoms with Crippen LogP contribution in [0.1, 0.15) is 133 Å². The van der Waals surface area contributed by atoms with E-state index in [1.807, 2.05) is 42.7 Å². The molecule has 11 nitrogen and oxygen atoms in total. The maximum absolute atomic E-state index is 13.3. The number of nitriles is 1. The van der Waals surface area contributed by atoms with Crippen LogP contribution in [0.3, 0.4) is 0 Å². The summed E-state index contributed by atoms with van der Waals surface area (Å²) in [6.45, 7) is 26.0. The third kappa shape index (κ3) is 12.2. The number of hydrogen-bond donors (Lipinski definition) is 2. The van der Waals surface area contributed by atoms with E-state index in [0.717, 1.165) is 111 Å². The Labute approximate surface area is 331 Å². The first kappa shape index (κ1) is 44.8. The molecule has 11 heteroatoms. The highest BCUT2D eigenvalue weighted by atomic mass is 16.2. The van der Waals surface area contributed by atoms with Crippen LogP contribution in [0.2, 0.25) is 0 Å². The van der Waals surface area contributed by atoms with Gasteiger partial charge in [0.05, 0.1) is 11.5 Å². The fraction of sp³-hybridized carbons (Fsp3) is 0.591. The Balaban J connectivity index is 0.000000537. The number of benzene rings is 1. The lowest BCUT2D eigenvalue weighted by Gasteiger charge is -2.36. The van der Waals surface area contributed by atoms with Crippen molar-refractivity contribution in [3.63, 3.8) is 0 Å². The molecule has 1 unspecified atom stereocenters. The number of carbonyl (C=O) groups excluding carboxylic acids is 2. The van der Waals surface area contributed by atoms with Gasteiger partial charge in [-0.2, -0.15) is 10.5 Å². The zero-order chi connectivity index (χ0) is 40.2. The summed E-state index contributed by atoms with van der Waals surface area (Å²) in [5.74, 6) is 0.930. The van der Waals surface area contributed by atoms with Crippen LogP contribution in [0.15, 0.2) is 66.4 Å². The molecule has 0 saturated carbocycles. The first-order valence-electron chi connectivity index (χ1n) is 20.7. The van der Waals surface area contributed by atoms with Gasteiger partial charge in [0.15, 0.2) is 5.82 Å². The smallest absolute Gasteiger partial charge is 0.253 e. The van der Waals surface area contributed by atoms with Crippen LogP contribution >= 0.6 is 0 Å². The van der Waals surface area contributed by atoms with Crippen molar-refractivity contribution >= 4 is 11.8 Å². The molecule has 6 rings (SSSR count). The molecule has 3 fully saturated rings. The van der Waals surface area contributed by atoms with Crippen LogP contribution in [-0.4, -0.2) is 99.0 Å². The summed E-state index contributed by atoms with van der Waals surface area (Å²) in [5.41, 5.74) is 5.27. The van der Waals surface area contributed by atoms with Crippen molar-refractivity contribution in [1.82, 2.24) is 40.6 Å². The largest absolute Gasteiger partial charge is 0.358 e. The summed E-state index contributed by atoms with van der Waals surface area (Å²) in [5, 5.41) is 29.0.